The number of pyridine rings is 1. The second kappa shape index (κ2) is 6.38. The summed E-state index contributed by atoms with van der Waals surface area (Å²) in [5.74, 6) is 0. The van der Waals surface area contributed by atoms with Crippen molar-refractivity contribution in [1.82, 2.24) is 4.98 Å². The summed E-state index contributed by atoms with van der Waals surface area (Å²) in [5.41, 5.74) is 3.99. The molecular weight excluding hydrogens is 285 g/mol. The van der Waals surface area contributed by atoms with Crippen molar-refractivity contribution in [3.05, 3.63) is 29.1 Å². The Hall–Kier alpha value is -0.120. The van der Waals surface area contributed by atoms with E-state index in [9.17, 15) is 0 Å². The number of hydrogen-bond acceptors (Lipinski definition) is 1. The van der Waals surface area contributed by atoms with E-state index in [0.717, 1.165) is 19.3 Å². The number of halogens is 1. The predicted molar refractivity (Wildman–Crippen MR) is 70.2 cm³/mol. The Bertz CT molecular complexity index is 284. The highest BCUT2D eigenvalue weighted by Crippen LogP contribution is 2.12. The summed E-state index contributed by atoms with van der Waals surface area (Å²) in [6, 6.07) is 4.43. The van der Waals surface area contributed by atoms with Gasteiger partial charge < -0.3 is 0 Å². The van der Waals surface area contributed by atoms with Crippen molar-refractivity contribution >= 4 is 22.6 Å². The van der Waals surface area contributed by atoms with Crippen LogP contribution in [0.2, 0.25) is 0 Å². The summed E-state index contributed by atoms with van der Waals surface area (Å²) < 4.78 is 1.18. The monoisotopic (exact) mass is 303 g/mol. The van der Waals surface area contributed by atoms with Gasteiger partial charge in [-0.25, -0.2) is 0 Å². The molecule has 0 amide bonds. The van der Waals surface area contributed by atoms with Gasteiger partial charge in [0.05, 0.1) is 0 Å². The molecule has 78 valence electrons. The Kier molecular flexibility index (Phi) is 5.45. The van der Waals surface area contributed by atoms with Crippen LogP contribution in [0.5, 0.6) is 0 Å². The molecule has 0 spiro atoms. The van der Waals surface area contributed by atoms with Crippen LogP contribution < -0.4 is 0 Å². The minimum atomic E-state index is 1.04. The van der Waals surface area contributed by atoms with Crippen molar-refractivity contribution < 1.29 is 0 Å². The van der Waals surface area contributed by atoms with Crippen LogP contribution in [0.15, 0.2) is 12.1 Å². The summed E-state index contributed by atoms with van der Waals surface area (Å²) in [4.78, 5) is 4.70. The molecule has 1 heterocycles. The van der Waals surface area contributed by atoms with Crippen molar-refractivity contribution in [1.29, 1.82) is 0 Å². The highest BCUT2D eigenvalue weighted by molar-refractivity contribution is 14.1. The Balaban J connectivity index is 2.91. The van der Waals surface area contributed by atoms with Gasteiger partial charge in [-0.3, -0.25) is 4.98 Å². The third-order valence-electron chi connectivity index (χ3n) is 2.34. The van der Waals surface area contributed by atoms with Crippen molar-refractivity contribution in [3.63, 3.8) is 0 Å². The summed E-state index contributed by atoms with van der Waals surface area (Å²) >= 11 is 2.43. The first kappa shape index (κ1) is 12.0. The average molecular weight is 303 g/mol. The molecule has 0 aliphatic heterocycles. The first-order valence-corrected chi connectivity index (χ1v) is 6.88. The maximum atomic E-state index is 4.70. The zero-order valence-electron chi connectivity index (χ0n) is 9.02. The number of rotatable bonds is 5. The van der Waals surface area contributed by atoms with Crippen molar-refractivity contribution in [3.8, 4) is 0 Å². The molecule has 0 saturated heterocycles. The lowest BCUT2D eigenvalue weighted by atomic mass is 10.1. The fraction of sp³-hybridized carbons (Fsp3) is 0.583. The van der Waals surface area contributed by atoms with E-state index in [4.69, 9.17) is 4.98 Å². The Labute approximate surface area is 100 Å². The fourth-order valence-corrected chi connectivity index (χ4v) is 2.14. The topological polar surface area (TPSA) is 12.9 Å². The van der Waals surface area contributed by atoms with Gasteiger partial charge >= 0.3 is 0 Å². The molecule has 14 heavy (non-hydrogen) atoms. The van der Waals surface area contributed by atoms with E-state index in [1.807, 2.05) is 0 Å². The molecule has 2 heteroatoms. The zero-order chi connectivity index (χ0) is 10.4. The van der Waals surface area contributed by atoms with E-state index in [1.165, 1.54) is 27.8 Å². The molecule has 1 aromatic heterocycles. The number of aryl methyl sites for hydroxylation is 3. The number of nitrogens with zero attached hydrogens (tertiary/aromatic N) is 1. The summed E-state index contributed by atoms with van der Waals surface area (Å²) in [6.07, 6.45) is 4.52. The lowest BCUT2D eigenvalue weighted by molar-refractivity contribution is 0.840. The van der Waals surface area contributed by atoms with Gasteiger partial charge in [0.2, 0.25) is 0 Å². The van der Waals surface area contributed by atoms with Crippen LogP contribution in [-0.4, -0.2) is 9.41 Å². The van der Waals surface area contributed by atoms with Crippen LogP contribution in [-0.2, 0) is 19.3 Å². The second-order valence-corrected chi connectivity index (χ2v) is 4.53. The maximum Gasteiger partial charge on any atom is 0.0439 e. The van der Waals surface area contributed by atoms with Crippen molar-refractivity contribution in [2.75, 3.05) is 4.43 Å². The second-order valence-electron chi connectivity index (χ2n) is 3.45. The molecule has 0 bridgehead atoms. The van der Waals surface area contributed by atoms with Crippen LogP contribution in [0.1, 0.15) is 37.2 Å². The highest BCUT2D eigenvalue weighted by atomic mass is 127. The Morgan fingerprint density at radius 1 is 1.21 bits per heavy atom. The lowest BCUT2D eigenvalue weighted by Crippen LogP contribution is -2.01. The molecule has 0 aliphatic carbocycles. The van der Waals surface area contributed by atoms with E-state index < -0.39 is 0 Å². The van der Waals surface area contributed by atoms with Crippen LogP contribution in [0.3, 0.4) is 0 Å². The predicted octanol–water partition coefficient (Wildman–Crippen LogP) is 3.57. The van der Waals surface area contributed by atoms with E-state index in [2.05, 4.69) is 48.6 Å². The van der Waals surface area contributed by atoms with Crippen molar-refractivity contribution in [2.45, 2.75) is 39.5 Å². The van der Waals surface area contributed by atoms with Gasteiger partial charge in [-0.05, 0) is 30.9 Å². The molecular formula is C12H18IN. The average Bonchev–Trinajstić information content (AvgIpc) is 2.21. The fourth-order valence-electron chi connectivity index (χ4n) is 1.55. The minimum absolute atomic E-state index is 1.04. The van der Waals surface area contributed by atoms with Gasteiger partial charge in [0.15, 0.2) is 0 Å². The van der Waals surface area contributed by atoms with Gasteiger partial charge in [-0.1, -0.05) is 48.9 Å². The van der Waals surface area contributed by atoms with E-state index in [1.54, 1.807) is 0 Å². The van der Waals surface area contributed by atoms with Crippen LogP contribution in [0, 0.1) is 0 Å². The molecule has 0 unspecified atom stereocenters. The highest BCUT2D eigenvalue weighted by Gasteiger charge is 2.03. The molecule has 0 N–H and O–H groups in total. The molecule has 0 atom stereocenters. The normalized spacial score (nSPS) is 10.5. The summed E-state index contributed by atoms with van der Waals surface area (Å²) in [7, 11) is 0. The molecule has 1 aromatic rings. The van der Waals surface area contributed by atoms with E-state index >= 15 is 0 Å². The quantitative estimate of drug-likeness (QED) is 0.598. The summed E-state index contributed by atoms with van der Waals surface area (Å²) in [6.45, 7) is 4.38. The molecule has 0 saturated carbocycles. The van der Waals surface area contributed by atoms with Crippen LogP contribution in [0.25, 0.3) is 0 Å². The molecule has 1 rings (SSSR count). The first-order valence-electron chi connectivity index (χ1n) is 5.35. The SMILES string of the molecule is CCCc1nc(CC)ccc1CCI. The third-order valence-corrected chi connectivity index (χ3v) is 2.88. The summed E-state index contributed by atoms with van der Waals surface area (Å²) in [5, 5.41) is 0. The van der Waals surface area contributed by atoms with Crippen LogP contribution >= 0.6 is 22.6 Å². The maximum absolute atomic E-state index is 4.70. The van der Waals surface area contributed by atoms with E-state index in [0.29, 0.717) is 0 Å². The van der Waals surface area contributed by atoms with Gasteiger partial charge in [0, 0.05) is 15.8 Å². The standard InChI is InChI=1S/C12H18IN/c1-3-5-12-10(8-9-13)6-7-11(4-2)14-12/h6-7H,3-5,8-9H2,1-2H3. The largest absolute Gasteiger partial charge is 0.258 e. The molecule has 0 aromatic carbocycles. The van der Waals surface area contributed by atoms with Gasteiger partial charge in [-0.2, -0.15) is 0 Å². The van der Waals surface area contributed by atoms with E-state index in [-0.39, 0.29) is 0 Å². The van der Waals surface area contributed by atoms with Gasteiger partial charge in [0.25, 0.3) is 0 Å². The Morgan fingerprint density at radius 3 is 2.57 bits per heavy atom. The molecule has 0 radical (unpaired) electrons. The molecule has 0 aliphatic rings. The minimum Gasteiger partial charge on any atom is -0.258 e. The lowest BCUT2D eigenvalue weighted by Gasteiger charge is -2.08. The number of hydrogen-bond donors (Lipinski definition) is 0. The first-order chi connectivity index (χ1) is 6.81. The smallest absolute Gasteiger partial charge is 0.0439 e. The molecule has 1 nitrogen and oxygen atoms in total. The number of aromatic nitrogens is 1. The van der Waals surface area contributed by atoms with Crippen LogP contribution in [0.4, 0.5) is 0 Å². The van der Waals surface area contributed by atoms with Crippen molar-refractivity contribution in [2.24, 2.45) is 0 Å². The third kappa shape index (κ3) is 3.23. The van der Waals surface area contributed by atoms with Gasteiger partial charge in [-0.15, -0.1) is 0 Å². The van der Waals surface area contributed by atoms with Gasteiger partial charge in [0.1, 0.15) is 0 Å². The zero-order valence-corrected chi connectivity index (χ0v) is 11.2. The number of alkyl halides is 1. The Morgan fingerprint density at radius 2 is 2.00 bits per heavy atom. The molecule has 0 fully saturated rings.